The highest BCUT2D eigenvalue weighted by Crippen LogP contribution is 2.30. The number of aryl methyl sites for hydroxylation is 1. The second-order valence-electron chi connectivity index (χ2n) is 7.26. The van der Waals surface area contributed by atoms with Crippen molar-refractivity contribution in [3.8, 4) is 16.9 Å². The average molecular weight is 384 g/mol. The summed E-state index contributed by atoms with van der Waals surface area (Å²) < 4.78 is 5.91. The number of hydrogen-bond donors (Lipinski definition) is 1. The first kappa shape index (κ1) is 17.4. The molecule has 0 saturated heterocycles. The van der Waals surface area contributed by atoms with Crippen molar-refractivity contribution in [3.63, 3.8) is 0 Å². The first-order valence-electron chi connectivity index (χ1n) is 9.58. The van der Waals surface area contributed by atoms with E-state index in [0.717, 1.165) is 33.5 Å². The molecule has 1 amide bonds. The van der Waals surface area contributed by atoms with Crippen LogP contribution in [0.3, 0.4) is 0 Å². The lowest BCUT2D eigenvalue weighted by Crippen LogP contribution is -2.32. The fraction of sp³-hybridized carbons (Fsp3) is 0.174. The lowest BCUT2D eigenvalue weighted by Gasteiger charge is -2.20. The van der Waals surface area contributed by atoms with Gasteiger partial charge in [0, 0.05) is 29.4 Å². The summed E-state index contributed by atoms with van der Waals surface area (Å²) in [6, 6.07) is 15.8. The number of hydrogen-bond acceptors (Lipinski definition) is 4. The zero-order valence-corrected chi connectivity index (χ0v) is 16.1. The molecular formula is C23H20N4O2. The van der Waals surface area contributed by atoms with Gasteiger partial charge in [-0.3, -0.25) is 4.79 Å². The number of nitrogens with zero attached hydrogens (tertiary/aromatic N) is 3. The first-order chi connectivity index (χ1) is 14.2. The number of amides is 1. The van der Waals surface area contributed by atoms with Crippen molar-refractivity contribution in [1.82, 2.24) is 19.9 Å². The van der Waals surface area contributed by atoms with Crippen molar-refractivity contribution in [1.29, 1.82) is 0 Å². The predicted molar refractivity (Wildman–Crippen MR) is 111 cm³/mol. The Labute approximate surface area is 168 Å². The van der Waals surface area contributed by atoms with Crippen molar-refractivity contribution in [3.05, 3.63) is 77.7 Å². The summed E-state index contributed by atoms with van der Waals surface area (Å²) in [6.45, 7) is 3.56. The number of benzene rings is 2. The van der Waals surface area contributed by atoms with Crippen LogP contribution in [0.5, 0.6) is 5.75 Å². The van der Waals surface area contributed by atoms with Crippen LogP contribution in [-0.4, -0.2) is 38.9 Å². The van der Waals surface area contributed by atoms with Crippen molar-refractivity contribution in [2.75, 3.05) is 13.2 Å². The summed E-state index contributed by atoms with van der Waals surface area (Å²) in [6.07, 6.45) is 3.46. The number of pyridine rings is 1. The van der Waals surface area contributed by atoms with E-state index in [4.69, 9.17) is 4.74 Å². The van der Waals surface area contributed by atoms with E-state index in [1.165, 1.54) is 0 Å². The van der Waals surface area contributed by atoms with Gasteiger partial charge in [0.25, 0.3) is 5.91 Å². The van der Waals surface area contributed by atoms with Crippen LogP contribution in [0.4, 0.5) is 0 Å². The normalized spacial score (nSPS) is 13.6. The Bertz CT molecular complexity index is 1200. The van der Waals surface area contributed by atoms with Crippen LogP contribution in [0.1, 0.15) is 21.5 Å². The van der Waals surface area contributed by atoms with Gasteiger partial charge in [0.1, 0.15) is 12.4 Å². The lowest BCUT2D eigenvalue weighted by molar-refractivity contribution is 0.0733. The van der Waals surface area contributed by atoms with E-state index in [2.05, 4.69) is 21.0 Å². The highest BCUT2D eigenvalue weighted by Gasteiger charge is 2.21. The van der Waals surface area contributed by atoms with Gasteiger partial charge in [-0.25, -0.2) is 9.97 Å². The van der Waals surface area contributed by atoms with E-state index in [1.54, 1.807) is 6.33 Å². The molecule has 2 aromatic heterocycles. The van der Waals surface area contributed by atoms with Gasteiger partial charge in [0.05, 0.1) is 18.4 Å². The Kier molecular flexibility index (Phi) is 4.24. The summed E-state index contributed by atoms with van der Waals surface area (Å²) in [4.78, 5) is 26.5. The van der Waals surface area contributed by atoms with E-state index in [9.17, 15) is 4.79 Å². The van der Waals surface area contributed by atoms with E-state index < -0.39 is 0 Å². The number of rotatable bonds is 2. The Morgan fingerprint density at radius 1 is 1.07 bits per heavy atom. The SMILES string of the molecule is Cc1ccc(C(=O)N2CCOc3ccc(-c4cnc5nc[nH]c5c4)cc3C2)cc1. The number of aromatic nitrogens is 3. The third-order valence-electron chi connectivity index (χ3n) is 5.23. The van der Waals surface area contributed by atoms with Gasteiger partial charge < -0.3 is 14.6 Å². The molecule has 2 aromatic carbocycles. The molecule has 0 aliphatic carbocycles. The maximum Gasteiger partial charge on any atom is 0.254 e. The molecule has 0 unspecified atom stereocenters. The van der Waals surface area contributed by atoms with Crippen molar-refractivity contribution in [2.24, 2.45) is 0 Å². The number of ether oxygens (including phenoxy) is 1. The van der Waals surface area contributed by atoms with Crippen LogP contribution in [0.2, 0.25) is 0 Å². The second-order valence-corrected chi connectivity index (χ2v) is 7.26. The molecule has 3 heterocycles. The molecule has 0 atom stereocenters. The van der Waals surface area contributed by atoms with Crippen LogP contribution in [0, 0.1) is 6.92 Å². The minimum absolute atomic E-state index is 0.0207. The van der Waals surface area contributed by atoms with Gasteiger partial charge in [-0.05, 0) is 42.8 Å². The van der Waals surface area contributed by atoms with Gasteiger partial charge in [0.15, 0.2) is 5.65 Å². The number of nitrogens with one attached hydrogen (secondary N) is 1. The van der Waals surface area contributed by atoms with Crippen molar-refractivity contribution < 1.29 is 9.53 Å². The number of H-pyrrole nitrogens is 1. The molecule has 144 valence electrons. The van der Waals surface area contributed by atoms with Crippen molar-refractivity contribution >= 4 is 17.1 Å². The monoisotopic (exact) mass is 384 g/mol. The Balaban J connectivity index is 1.46. The summed E-state index contributed by atoms with van der Waals surface area (Å²) in [5, 5.41) is 0. The second kappa shape index (κ2) is 7.05. The maximum absolute atomic E-state index is 13.0. The molecule has 29 heavy (non-hydrogen) atoms. The van der Waals surface area contributed by atoms with E-state index in [0.29, 0.717) is 30.9 Å². The molecule has 0 spiro atoms. The van der Waals surface area contributed by atoms with Gasteiger partial charge in [0.2, 0.25) is 0 Å². The first-order valence-corrected chi connectivity index (χ1v) is 9.58. The molecule has 0 saturated carbocycles. The molecule has 5 rings (SSSR count). The fourth-order valence-corrected chi connectivity index (χ4v) is 3.61. The van der Waals surface area contributed by atoms with Gasteiger partial charge in [-0.2, -0.15) is 0 Å². The molecular weight excluding hydrogens is 364 g/mol. The Morgan fingerprint density at radius 3 is 2.79 bits per heavy atom. The van der Waals surface area contributed by atoms with Crippen LogP contribution in [-0.2, 0) is 6.54 Å². The number of carbonyl (C=O) groups excluding carboxylic acids is 1. The zero-order valence-electron chi connectivity index (χ0n) is 16.1. The maximum atomic E-state index is 13.0. The topological polar surface area (TPSA) is 71.1 Å². The molecule has 1 aliphatic rings. The van der Waals surface area contributed by atoms with Gasteiger partial charge in [-0.1, -0.05) is 23.8 Å². The van der Waals surface area contributed by atoms with Crippen molar-refractivity contribution in [2.45, 2.75) is 13.5 Å². The third-order valence-corrected chi connectivity index (χ3v) is 5.23. The van der Waals surface area contributed by atoms with Gasteiger partial charge >= 0.3 is 0 Å². The molecule has 0 radical (unpaired) electrons. The highest BCUT2D eigenvalue weighted by molar-refractivity contribution is 5.94. The minimum Gasteiger partial charge on any atom is -0.491 e. The number of imidazole rings is 1. The largest absolute Gasteiger partial charge is 0.491 e. The third kappa shape index (κ3) is 3.33. The molecule has 1 N–H and O–H groups in total. The van der Waals surface area contributed by atoms with Gasteiger partial charge in [-0.15, -0.1) is 0 Å². The van der Waals surface area contributed by atoms with Crippen LogP contribution >= 0.6 is 0 Å². The zero-order chi connectivity index (χ0) is 19.8. The average Bonchev–Trinajstić information content (AvgIpc) is 3.11. The van der Waals surface area contributed by atoms with Crippen LogP contribution in [0.15, 0.2) is 61.1 Å². The molecule has 6 nitrogen and oxygen atoms in total. The fourth-order valence-electron chi connectivity index (χ4n) is 3.61. The van der Waals surface area contributed by atoms with E-state index in [-0.39, 0.29) is 5.91 Å². The summed E-state index contributed by atoms with van der Waals surface area (Å²) in [5.41, 5.74) is 6.44. The molecule has 0 bridgehead atoms. The predicted octanol–water partition coefficient (Wildman–Crippen LogP) is 3.97. The van der Waals surface area contributed by atoms with Crippen LogP contribution in [0.25, 0.3) is 22.3 Å². The van der Waals surface area contributed by atoms with E-state index >= 15 is 0 Å². The number of aromatic amines is 1. The molecule has 6 heteroatoms. The number of carbonyl (C=O) groups is 1. The van der Waals surface area contributed by atoms with Crippen LogP contribution < -0.4 is 4.74 Å². The smallest absolute Gasteiger partial charge is 0.254 e. The summed E-state index contributed by atoms with van der Waals surface area (Å²) >= 11 is 0. The Morgan fingerprint density at radius 2 is 1.93 bits per heavy atom. The molecule has 4 aromatic rings. The lowest BCUT2D eigenvalue weighted by atomic mass is 10.0. The quantitative estimate of drug-likeness (QED) is 0.568. The highest BCUT2D eigenvalue weighted by atomic mass is 16.5. The summed E-state index contributed by atoms with van der Waals surface area (Å²) in [5.74, 6) is 0.843. The molecule has 1 aliphatic heterocycles. The molecule has 0 fully saturated rings. The summed E-state index contributed by atoms with van der Waals surface area (Å²) in [7, 11) is 0. The number of fused-ring (bicyclic) bond motifs is 2. The van der Waals surface area contributed by atoms with E-state index in [1.807, 2.05) is 60.5 Å². The Hall–Kier alpha value is -3.67. The minimum atomic E-state index is 0.0207. The standard InChI is InChI=1S/C23H20N4O2/c1-15-2-4-16(5-3-15)23(28)27-8-9-29-21-7-6-17(10-19(21)13-27)18-11-20-22(24-12-18)26-14-25-20/h2-7,10-12,14H,8-9,13H2,1H3,(H,24,25,26).